The molecule has 0 aliphatic heterocycles. The third kappa shape index (κ3) is 3.88. The standard InChI is InChI=1S/C19H23NO2/c1-5-17(22-16-9-7-6-8-10-16)19(21)20-18-14(3)11-13(2)12-15(18)4/h6-12,17H,5H2,1-4H3,(H,20,21). The van der Waals surface area contributed by atoms with E-state index in [9.17, 15) is 4.79 Å². The Hall–Kier alpha value is -2.29. The van der Waals surface area contributed by atoms with Crippen molar-refractivity contribution in [2.45, 2.75) is 40.2 Å². The van der Waals surface area contributed by atoms with E-state index in [4.69, 9.17) is 4.74 Å². The number of hydrogen-bond donors (Lipinski definition) is 1. The molecule has 0 saturated heterocycles. The normalized spacial score (nSPS) is 11.8. The van der Waals surface area contributed by atoms with E-state index in [1.165, 1.54) is 5.56 Å². The van der Waals surface area contributed by atoms with Crippen LogP contribution in [0, 0.1) is 20.8 Å². The van der Waals surface area contributed by atoms with Crippen LogP contribution in [0.1, 0.15) is 30.0 Å². The summed E-state index contributed by atoms with van der Waals surface area (Å²) in [5, 5.41) is 3.01. The maximum absolute atomic E-state index is 12.5. The smallest absolute Gasteiger partial charge is 0.265 e. The van der Waals surface area contributed by atoms with Gasteiger partial charge in [-0.1, -0.05) is 42.8 Å². The maximum Gasteiger partial charge on any atom is 0.265 e. The van der Waals surface area contributed by atoms with Gasteiger partial charge in [-0.25, -0.2) is 0 Å². The van der Waals surface area contributed by atoms with Crippen molar-refractivity contribution in [1.29, 1.82) is 0 Å². The van der Waals surface area contributed by atoms with Crippen molar-refractivity contribution in [2.75, 3.05) is 5.32 Å². The summed E-state index contributed by atoms with van der Waals surface area (Å²) in [6.07, 6.45) is 0.118. The van der Waals surface area contributed by atoms with Gasteiger partial charge in [0.15, 0.2) is 6.10 Å². The minimum Gasteiger partial charge on any atom is -0.481 e. The molecule has 1 unspecified atom stereocenters. The number of aryl methyl sites for hydroxylation is 3. The second-order valence-electron chi connectivity index (χ2n) is 5.59. The first-order valence-corrected chi connectivity index (χ1v) is 7.61. The number of rotatable bonds is 5. The summed E-state index contributed by atoms with van der Waals surface area (Å²) in [6.45, 7) is 8.02. The molecule has 2 rings (SSSR count). The number of ether oxygens (including phenoxy) is 1. The van der Waals surface area contributed by atoms with Gasteiger partial charge in [-0.2, -0.15) is 0 Å². The Morgan fingerprint density at radius 1 is 1.09 bits per heavy atom. The van der Waals surface area contributed by atoms with E-state index in [0.717, 1.165) is 16.8 Å². The Bertz CT molecular complexity index is 627. The zero-order chi connectivity index (χ0) is 16.1. The van der Waals surface area contributed by atoms with Crippen LogP contribution in [-0.2, 0) is 4.79 Å². The highest BCUT2D eigenvalue weighted by molar-refractivity contribution is 5.95. The van der Waals surface area contributed by atoms with Crippen molar-refractivity contribution in [3.8, 4) is 5.75 Å². The minimum atomic E-state index is -0.498. The summed E-state index contributed by atoms with van der Waals surface area (Å²) in [7, 11) is 0. The second kappa shape index (κ2) is 7.12. The van der Waals surface area contributed by atoms with Gasteiger partial charge in [-0.3, -0.25) is 4.79 Å². The van der Waals surface area contributed by atoms with Gasteiger partial charge < -0.3 is 10.1 Å². The predicted molar refractivity (Wildman–Crippen MR) is 90.4 cm³/mol. The van der Waals surface area contributed by atoms with E-state index in [0.29, 0.717) is 12.2 Å². The van der Waals surface area contributed by atoms with Crippen LogP contribution in [0.5, 0.6) is 5.75 Å². The molecule has 1 atom stereocenters. The molecule has 2 aromatic rings. The topological polar surface area (TPSA) is 38.3 Å². The van der Waals surface area contributed by atoms with Crippen LogP contribution in [0.25, 0.3) is 0 Å². The van der Waals surface area contributed by atoms with Crippen molar-refractivity contribution >= 4 is 11.6 Å². The highest BCUT2D eigenvalue weighted by Gasteiger charge is 2.19. The number of carbonyl (C=O) groups is 1. The Labute approximate surface area is 132 Å². The van der Waals surface area contributed by atoms with Crippen molar-refractivity contribution in [3.05, 3.63) is 59.2 Å². The fourth-order valence-electron chi connectivity index (χ4n) is 2.57. The number of benzene rings is 2. The molecule has 2 aromatic carbocycles. The lowest BCUT2D eigenvalue weighted by molar-refractivity contribution is -0.122. The number of anilines is 1. The highest BCUT2D eigenvalue weighted by atomic mass is 16.5. The molecule has 0 spiro atoms. The van der Waals surface area contributed by atoms with Gasteiger partial charge in [0.1, 0.15) is 5.75 Å². The summed E-state index contributed by atoms with van der Waals surface area (Å²) in [6, 6.07) is 13.6. The third-order valence-corrected chi connectivity index (χ3v) is 3.61. The Balaban J connectivity index is 2.13. The predicted octanol–water partition coefficient (Wildman–Crippen LogP) is 4.41. The van der Waals surface area contributed by atoms with E-state index in [1.807, 2.05) is 51.1 Å². The Morgan fingerprint density at radius 2 is 1.68 bits per heavy atom. The van der Waals surface area contributed by atoms with Crippen molar-refractivity contribution < 1.29 is 9.53 Å². The first-order chi connectivity index (χ1) is 10.5. The molecule has 0 aliphatic rings. The van der Waals surface area contributed by atoms with Gasteiger partial charge in [-0.15, -0.1) is 0 Å². The van der Waals surface area contributed by atoms with Crippen LogP contribution in [0.3, 0.4) is 0 Å². The minimum absolute atomic E-state index is 0.110. The van der Waals surface area contributed by atoms with Gasteiger partial charge >= 0.3 is 0 Å². The van der Waals surface area contributed by atoms with E-state index in [1.54, 1.807) is 0 Å². The van der Waals surface area contributed by atoms with Crippen LogP contribution in [0.15, 0.2) is 42.5 Å². The summed E-state index contributed by atoms with van der Waals surface area (Å²) >= 11 is 0. The zero-order valence-electron chi connectivity index (χ0n) is 13.6. The molecule has 3 heteroatoms. The Morgan fingerprint density at radius 3 is 2.23 bits per heavy atom. The largest absolute Gasteiger partial charge is 0.481 e. The number of carbonyl (C=O) groups excluding carboxylic acids is 1. The molecule has 116 valence electrons. The van der Waals surface area contributed by atoms with E-state index in [2.05, 4.69) is 24.4 Å². The molecule has 1 amide bonds. The van der Waals surface area contributed by atoms with Crippen molar-refractivity contribution in [2.24, 2.45) is 0 Å². The van der Waals surface area contributed by atoms with Crippen LogP contribution < -0.4 is 10.1 Å². The van der Waals surface area contributed by atoms with Gasteiger partial charge in [-0.05, 0) is 50.5 Å². The van der Waals surface area contributed by atoms with E-state index in [-0.39, 0.29) is 5.91 Å². The molecular weight excluding hydrogens is 274 g/mol. The van der Waals surface area contributed by atoms with Gasteiger partial charge in [0.2, 0.25) is 0 Å². The van der Waals surface area contributed by atoms with Gasteiger partial charge in [0, 0.05) is 5.69 Å². The molecule has 0 bridgehead atoms. The number of nitrogens with one attached hydrogen (secondary N) is 1. The summed E-state index contributed by atoms with van der Waals surface area (Å²) < 4.78 is 5.79. The molecular formula is C19H23NO2. The molecule has 0 aromatic heterocycles. The highest BCUT2D eigenvalue weighted by Crippen LogP contribution is 2.23. The summed E-state index contributed by atoms with van der Waals surface area (Å²) in [4.78, 5) is 12.5. The fraction of sp³-hybridized carbons (Fsp3) is 0.316. The molecule has 0 radical (unpaired) electrons. The number of hydrogen-bond acceptors (Lipinski definition) is 2. The molecule has 0 saturated carbocycles. The molecule has 0 fully saturated rings. The summed E-state index contributed by atoms with van der Waals surface area (Å²) in [5.41, 5.74) is 4.21. The Kier molecular flexibility index (Phi) is 5.21. The number of amides is 1. The van der Waals surface area contributed by atoms with Crippen LogP contribution >= 0.6 is 0 Å². The first-order valence-electron chi connectivity index (χ1n) is 7.61. The van der Waals surface area contributed by atoms with Crippen molar-refractivity contribution in [3.63, 3.8) is 0 Å². The quantitative estimate of drug-likeness (QED) is 0.888. The van der Waals surface area contributed by atoms with Gasteiger partial charge in [0.25, 0.3) is 5.91 Å². The SMILES string of the molecule is CCC(Oc1ccccc1)C(=O)Nc1c(C)cc(C)cc1C. The lowest BCUT2D eigenvalue weighted by Gasteiger charge is -2.19. The monoisotopic (exact) mass is 297 g/mol. The summed E-state index contributed by atoms with van der Waals surface area (Å²) in [5.74, 6) is 0.600. The van der Waals surface area contributed by atoms with E-state index < -0.39 is 6.10 Å². The van der Waals surface area contributed by atoms with Crippen LogP contribution in [-0.4, -0.2) is 12.0 Å². The zero-order valence-corrected chi connectivity index (χ0v) is 13.6. The number of para-hydroxylation sites is 1. The van der Waals surface area contributed by atoms with Crippen LogP contribution in [0.4, 0.5) is 5.69 Å². The van der Waals surface area contributed by atoms with E-state index >= 15 is 0 Å². The van der Waals surface area contributed by atoms with Crippen LogP contribution in [0.2, 0.25) is 0 Å². The molecule has 3 nitrogen and oxygen atoms in total. The molecule has 22 heavy (non-hydrogen) atoms. The molecule has 1 N–H and O–H groups in total. The van der Waals surface area contributed by atoms with Crippen molar-refractivity contribution in [1.82, 2.24) is 0 Å². The lowest BCUT2D eigenvalue weighted by atomic mass is 10.0. The molecule has 0 heterocycles. The average molecular weight is 297 g/mol. The second-order valence-corrected chi connectivity index (χ2v) is 5.59. The average Bonchev–Trinajstić information content (AvgIpc) is 2.49. The maximum atomic E-state index is 12.5. The molecule has 0 aliphatic carbocycles. The third-order valence-electron chi connectivity index (χ3n) is 3.61. The fourth-order valence-corrected chi connectivity index (χ4v) is 2.57. The van der Waals surface area contributed by atoms with Gasteiger partial charge in [0.05, 0.1) is 0 Å². The first kappa shape index (κ1) is 16.1. The lowest BCUT2D eigenvalue weighted by Crippen LogP contribution is -2.32.